The minimum Gasteiger partial charge on any atom is -0.397 e. The fourth-order valence-electron chi connectivity index (χ4n) is 1.08. The zero-order valence-corrected chi connectivity index (χ0v) is 7.75. The molecule has 2 rings (SSSR count). The molecule has 0 aliphatic rings. The molecule has 12 heavy (non-hydrogen) atoms. The third kappa shape index (κ3) is 1.07. The number of anilines is 1. The molecular formula is C8H6FNS2. The predicted octanol–water partition coefficient (Wildman–Crippen LogP) is 2.91. The van der Waals surface area contributed by atoms with Gasteiger partial charge in [0.1, 0.15) is 5.82 Å². The molecule has 1 heterocycles. The van der Waals surface area contributed by atoms with Crippen LogP contribution in [0.15, 0.2) is 22.4 Å². The average molecular weight is 199 g/mol. The van der Waals surface area contributed by atoms with Crippen LogP contribution >= 0.6 is 24.0 Å². The van der Waals surface area contributed by atoms with Crippen LogP contribution in [0.3, 0.4) is 0 Å². The van der Waals surface area contributed by atoms with Gasteiger partial charge in [0.2, 0.25) is 0 Å². The van der Waals surface area contributed by atoms with Crippen LogP contribution in [0.4, 0.5) is 10.1 Å². The topological polar surface area (TPSA) is 26.0 Å². The molecule has 0 unspecified atom stereocenters. The Labute approximate surface area is 78.4 Å². The lowest BCUT2D eigenvalue weighted by atomic mass is 10.2. The number of hydrogen-bond donors (Lipinski definition) is 2. The number of nitrogen functional groups attached to an aromatic ring is 1. The number of fused-ring (bicyclic) bond motifs is 1. The molecule has 0 aliphatic carbocycles. The summed E-state index contributed by atoms with van der Waals surface area (Å²) in [5.74, 6) is -0.239. The van der Waals surface area contributed by atoms with Gasteiger partial charge in [-0.3, -0.25) is 0 Å². The zero-order chi connectivity index (χ0) is 8.72. The Morgan fingerprint density at radius 3 is 2.92 bits per heavy atom. The normalized spacial score (nSPS) is 10.8. The maximum atomic E-state index is 12.7. The van der Waals surface area contributed by atoms with Gasteiger partial charge >= 0.3 is 0 Å². The largest absolute Gasteiger partial charge is 0.397 e. The van der Waals surface area contributed by atoms with Crippen molar-refractivity contribution in [2.75, 3.05) is 5.73 Å². The minimum absolute atomic E-state index is 0.239. The molecule has 1 aromatic heterocycles. The van der Waals surface area contributed by atoms with Crippen LogP contribution in [0, 0.1) is 5.82 Å². The fourth-order valence-corrected chi connectivity index (χ4v) is 2.38. The molecule has 1 nitrogen and oxygen atoms in total. The van der Waals surface area contributed by atoms with Crippen molar-refractivity contribution < 1.29 is 4.39 Å². The summed E-state index contributed by atoms with van der Waals surface area (Å²) in [6.45, 7) is 0. The van der Waals surface area contributed by atoms with Gasteiger partial charge in [0.25, 0.3) is 0 Å². The standard InChI is InChI=1S/C8H6FNS2/c9-4-1-2-5-6(3-4)12-8(11)7(5)10/h1-3,11H,10H2. The Hall–Kier alpha value is -0.740. The highest BCUT2D eigenvalue weighted by Gasteiger charge is 2.06. The van der Waals surface area contributed by atoms with Gasteiger partial charge in [-0.15, -0.1) is 24.0 Å². The van der Waals surface area contributed by atoms with Crippen molar-refractivity contribution in [1.82, 2.24) is 0 Å². The molecule has 1 aromatic carbocycles. The Morgan fingerprint density at radius 1 is 1.42 bits per heavy atom. The summed E-state index contributed by atoms with van der Waals surface area (Å²) in [6.07, 6.45) is 0. The van der Waals surface area contributed by atoms with Crippen molar-refractivity contribution in [3.63, 3.8) is 0 Å². The first kappa shape index (κ1) is 7.89. The zero-order valence-electron chi connectivity index (χ0n) is 6.04. The van der Waals surface area contributed by atoms with Crippen molar-refractivity contribution in [2.24, 2.45) is 0 Å². The van der Waals surface area contributed by atoms with E-state index in [1.165, 1.54) is 23.5 Å². The lowest BCUT2D eigenvalue weighted by Crippen LogP contribution is -1.81. The number of thiol groups is 1. The first-order valence-corrected chi connectivity index (χ1v) is 4.61. The molecular weight excluding hydrogens is 193 g/mol. The third-order valence-corrected chi connectivity index (χ3v) is 3.16. The van der Waals surface area contributed by atoms with Gasteiger partial charge in [0.05, 0.1) is 9.90 Å². The van der Waals surface area contributed by atoms with E-state index >= 15 is 0 Å². The second-order valence-electron chi connectivity index (χ2n) is 2.46. The highest BCUT2D eigenvalue weighted by Crippen LogP contribution is 2.36. The van der Waals surface area contributed by atoms with Crippen molar-refractivity contribution in [3.05, 3.63) is 24.0 Å². The minimum atomic E-state index is -0.239. The summed E-state index contributed by atoms with van der Waals surface area (Å²) in [5, 5.41) is 0.881. The maximum absolute atomic E-state index is 12.7. The monoisotopic (exact) mass is 199 g/mol. The summed E-state index contributed by atoms with van der Waals surface area (Å²) in [7, 11) is 0. The summed E-state index contributed by atoms with van der Waals surface area (Å²) >= 11 is 5.55. The molecule has 0 atom stereocenters. The summed E-state index contributed by atoms with van der Waals surface area (Å²) in [6, 6.07) is 4.55. The smallest absolute Gasteiger partial charge is 0.124 e. The number of benzene rings is 1. The number of thiophene rings is 1. The molecule has 4 heteroatoms. The lowest BCUT2D eigenvalue weighted by Gasteiger charge is -1.90. The molecule has 2 aromatic rings. The SMILES string of the molecule is Nc1c(S)sc2cc(F)ccc12. The van der Waals surface area contributed by atoms with E-state index in [9.17, 15) is 4.39 Å². The van der Waals surface area contributed by atoms with Gasteiger partial charge in [-0.1, -0.05) is 0 Å². The molecule has 62 valence electrons. The Bertz CT molecular complexity index is 436. The van der Waals surface area contributed by atoms with Crippen LogP contribution in [0.25, 0.3) is 10.1 Å². The second-order valence-corrected chi connectivity index (χ2v) is 4.26. The van der Waals surface area contributed by atoms with Crippen molar-refractivity contribution in [2.45, 2.75) is 4.21 Å². The van der Waals surface area contributed by atoms with E-state index in [0.717, 1.165) is 14.3 Å². The second kappa shape index (κ2) is 2.64. The average Bonchev–Trinajstić information content (AvgIpc) is 2.28. The van der Waals surface area contributed by atoms with Crippen LogP contribution in [0.1, 0.15) is 0 Å². The fraction of sp³-hybridized carbons (Fsp3) is 0. The summed E-state index contributed by atoms with van der Waals surface area (Å²) in [4.78, 5) is 0. The molecule has 0 spiro atoms. The van der Waals surface area contributed by atoms with E-state index in [0.29, 0.717) is 5.69 Å². The van der Waals surface area contributed by atoms with E-state index < -0.39 is 0 Å². The van der Waals surface area contributed by atoms with E-state index in [1.54, 1.807) is 6.07 Å². The van der Waals surface area contributed by atoms with E-state index in [4.69, 9.17) is 5.73 Å². The Kier molecular flexibility index (Phi) is 1.73. The van der Waals surface area contributed by atoms with Crippen LogP contribution < -0.4 is 5.73 Å². The Morgan fingerprint density at radius 2 is 2.17 bits per heavy atom. The maximum Gasteiger partial charge on any atom is 0.124 e. The first-order chi connectivity index (χ1) is 5.68. The number of hydrogen-bond acceptors (Lipinski definition) is 3. The highest BCUT2D eigenvalue weighted by atomic mass is 32.2. The summed E-state index contributed by atoms with van der Waals surface area (Å²) < 4.78 is 14.3. The number of nitrogens with two attached hydrogens (primary N) is 1. The van der Waals surface area contributed by atoms with Crippen LogP contribution in [0.5, 0.6) is 0 Å². The van der Waals surface area contributed by atoms with Gasteiger partial charge in [0, 0.05) is 10.1 Å². The van der Waals surface area contributed by atoms with Gasteiger partial charge in [-0.2, -0.15) is 0 Å². The number of rotatable bonds is 0. The van der Waals surface area contributed by atoms with Gasteiger partial charge in [-0.05, 0) is 18.2 Å². The first-order valence-electron chi connectivity index (χ1n) is 3.35. The molecule has 0 saturated carbocycles. The third-order valence-electron chi connectivity index (χ3n) is 1.67. The van der Waals surface area contributed by atoms with Crippen LogP contribution in [-0.2, 0) is 0 Å². The van der Waals surface area contributed by atoms with Crippen molar-refractivity contribution in [3.8, 4) is 0 Å². The molecule has 2 N–H and O–H groups in total. The molecule has 0 radical (unpaired) electrons. The van der Waals surface area contributed by atoms with Gasteiger partial charge < -0.3 is 5.73 Å². The molecule has 0 saturated heterocycles. The van der Waals surface area contributed by atoms with Crippen molar-refractivity contribution in [1.29, 1.82) is 0 Å². The van der Waals surface area contributed by atoms with Crippen LogP contribution in [-0.4, -0.2) is 0 Å². The predicted molar refractivity (Wildman–Crippen MR) is 53.4 cm³/mol. The van der Waals surface area contributed by atoms with E-state index in [2.05, 4.69) is 12.6 Å². The summed E-state index contributed by atoms with van der Waals surface area (Å²) in [5.41, 5.74) is 6.34. The molecule has 0 amide bonds. The van der Waals surface area contributed by atoms with E-state index in [-0.39, 0.29) is 5.82 Å². The van der Waals surface area contributed by atoms with Crippen LogP contribution in [0.2, 0.25) is 0 Å². The molecule has 0 aliphatic heterocycles. The Balaban J connectivity index is 2.87. The number of halogens is 1. The quantitative estimate of drug-likeness (QED) is 0.627. The van der Waals surface area contributed by atoms with Gasteiger partial charge in [-0.25, -0.2) is 4.39 Å². The lowest BCUT2D eigenvalue weighted by molar-refractivity contribution is 0.630. The molecule has 0 fully saturated rings. The van der Waals surface area contributed by atoms with Gasteiger partial charge in [0.15, 0.2) is 0 Å². The molecule has 0 bridgehead atoms. The van der Waals surface area contributed by atoms with E-state index in [1.807, 2.05) is 0 Å². The van der Waals surface area contributed by atoms with Crippen molar-refractivity contribution >= 4 is 39.7 Å². The highest BCUT2D eigenvalue weighted by molar-refractivity contribution is 7.83.